The standard InChI is InChI=1S/C14H22ClN3/c1-17-6-7-18(2)13(10-17)9-14(16)11-4-3-5-12(15)8-11/h3-5,8,13-14H,6-7,9-10,16H2,1-2H3. The largest absolute Gasteiger partial charge is 0.324 e. The summed E-state index contributed by atoms with van der Waals surface area (Å²) in [6.07, 6.45) is 0.973. The van der Waals surface area contributed by atoms with Gasteiger partial charge in [0.15, 0.2) is 0 Å². The molecule has 1 saturated heterocycles. The summed E-state index contributed by atoms with van der Waals surface area (Å²) < 4.78 is 0. The Bertz CT molecular complexity index is 396. The van der Waals surface area contributed by atoms with Gasteiger partial charge in [0.25, 0.3) is 0 Å². The third kappa shape index (κ3) is 3.45. The molecule has 4 heteroatoms. The Morgan fingerprint density at radius 2 is 2.17 bits per heavy atom. The first-order valence-corrected chi connectivity index (χ1v) is 6.84. The van der Waals surface area contributed by atoms with Gasteiger partial charge < -0.3 is 15.5 Å². The molecule has 0 bridgehead atoms. The third-order valence-electron chi connectivity index (χ3n) is 3.78. The summed E-state index contributed by atoms with van der Waals surface area (Å²) in [5, 5.41) is 0.761. The van der Waals surface area contributed by atoms with E-state index in [9.17, 15) is 0 Å². The molecule has 2 unspecified atom stereocenters. The van der Waals surface area contributed by atoms with Crippen LogP contribution in [0.15, 0.2) is 24.3 Å². The Balaban J connectivity index is 2.00. The first-order chi connectivity index (χ1) is 8.56. The molecule has 1 aliphatic rings. The second kappa shape index (κ2) is 6.02. The van der Waals surface area contributed by atoms with E-state index in [0.717, 1.165) is 36.6 Å². The molecule has 0 aromatic heterocycles. The second-order valence-corrected chi connectivity index (χ2v) is 5.73. The Kier molecular flexibility index (Phi) is 4.62. The van der Waals surface area contributed by atoms with Gasteiger partial charge in [0.05, 0.1) is 0 Å². The van der Waals surface area contributed by atoms with E-state index in [-0.39, 0.29) is 6.04 Å². The van der Waals surface area contributed by atoms with Gasteiger partial charge in [-0.1, -0.05) is 23.7 Å². The highest BCUT2D eigenvalue weighted by atomic mass is 35.5. The second-order valence-electron chi connectivity index (χ2n) is 5.29. The summed E-state index contributed by atoms with van der Waals surface area (Å²) in [7, 11) is 4.35. The minimum absolute atomic E-state index is 0.0580. The number of hydrogen-bond acceptors (Lipinski definition) is 3. The minimum atomic E-state index is 0.0580. The summed E-state index contributed by atoms with van der Waals surface area (Å²) in [5.74, 6) is 0. The van der Waals surface area contributed by atoms with Crippen LogP contribution in [0.1, 0.15) is 18.0 Å². The maximum atomic E-state index is 6.30. The fraction of sp³-hybridized carbons (Fsp3) is 0.571. The molecule has 0 radical (unpaired) electrons. The number of rotatable bonds is 3. The Hall–Kier alpha value is -0.610. The molecule has 1 aromatic carbocycles. The van der Waals surface area contributed by atoms with E-state index >= 15 is 0 Å². The highest BCUT2D eigenvalue weighted by Crippen LogP contribution is 2.22. The molecule has 1 fully saturated rings. The molecule has 0 spiro atoms. The van der Waals surface area contributed by atoms with Crippen molar-refractivity contribution in [3.05, 3.63) is 34.9 Å². The molecule has 3 nitrogen and oxygen atoms in total. The van der Waals surface area contributed by atoms with Crippen LogP contribution in [0, 0.1) is 0 Å². The smallest absolute Gasteiger partial charge is 0.0409 e. The van der Waals surface area contributed by atoms with E-state index in [2.05, 4.69) is 30.0 Å². The molecule has 2 N–H and O–H groups in total. The normalized spacial score (nSPS) is 24.1. The number of hydrogen-bond donors (Lipinski definition) is 1. The minimum Gasteiger partial charge on any atom is -0.324 e. The summed E-state index contributed by atoms with van der Waals surface area (Å²) in [5.41, 5.74) is 7.43. The molecule has 100 valence electrons. The predicted octanol–water partition coefficient (Wildman–Crippen LogP) is 1.98. The van der Waals surface area contributed by atoms with Crippen LogP contribution in [-0.2, 0) is 0 Å². The number of benzene rings is 1. The van der Waals surface area contributed by atoms with E-state index in [4.69, 9.17) is 17.3 Å². The molecule has 1 aliphatic heterocycles. The van der Waals surface area contributed by atoms with E-state index < -0.39 is 0 Å². The zero-order valence-electron chi connectivity index (χ0n) is 11.1. The summed E-state index contributed by atoms with van der Waals surface area (Å²) in [6, 6.07) is 8.47. The summed E-state index contributed by atoms with van der Waals surface area (Å²) >= 11 is 6.01. The van der Waals surface area contributed by atoms with Gasteiger partial charge in [-0.15, -0.1) is 0 Å². The number of nitrogens with zero attached hydrogens (tertiary/aromatic N) is 2. The molecule has 2 rings (SSSR count). The molecular weight excluding hydrogens is 246 g/mol. The highest BCUT2D eigenvalue weighted by molar-refractivity contribution is 6.30. The molecular formula is C14H22ClN3. The van der Waals surface area contributed by atoms with Crippen LogP contribution in [0.3, 0.4) is 0 Å². The summed E-state index contributed by atoms with van der Waals surface area (Å²) in [6.45, 7) is 3.34. The van der Waals surface area contributed by atoms with Gasteiger partial charge in [-0.2, -0.15) is 0 Å². The average Bonchev–Trinajstić information content (AvgIpc) is 2.34. The molecule has 0 saturated carbocycles. The van der Waals surface area contributed by atoms with E-state index in [0.29, 0.717) is 6.04 Å². The van der Waals surface area contributed by atoms with Crippen LogP contribution in [0.4, 0.5) is 0 Å². The van der Waals surface area contributed by atoms with Crippen molar-refractivity contribution in [2.75, 3.05) is 33.7 Å². The SMILES string of the molecule is CN1CCN(C)C(CC(N)c2cccc(Cl)c2)C1. The third-order valence-corrected chi connectivity index (χ3v) is 4.02. The Morgan fingerprint density at radius 1 is 1.39 bits per heavy atom. The van der Waals surface area contributed by atoms with Gasteiger partial charge in [-0.05, 0) is 38.2 Å². The van der Waals surface area contributed by atoms with Crippen molar-refractivity contribution in [1.29, 1.82) is 0 Å². The lowest BCUT2D eigenvalue weighted by molar-refractivity contribution is 0.104. The fourth-order valence-electron chi connectivity index (χ4n) is 2.52. The topological polar surface area (TPSA) is 32.5 Å². The highest BCUT2D eigenvalue weighted by Gasteiger charge is 2.24. The van der Waals surface area contributed by atoms with Crippen molar-refractivity contribution in [1.82, 2.24) is 9.80 Å². The van der Waals surface area contributed by atoms with Gasteiger partial charge in [0.2, 0.25) is 0 Å². The lowest BCUT2D eigenvalue weighted by atomic mass is 9.98. The van der Waals surface area contributed by atoms with Gasteiger partial charge in [0.1, 0.15) is 0 Å². The number of piperazine rings is 1. The van der Waals surface area contributed by atoms with Gasteiger partial charge >= 0.3 is 0 Å². The molecule has 1 heterocycles. The fourth-order valence-corrected chi connectivity index (χ4v) is 2.72. The molecule has 0 amide bonds. The van der Waals surface area contributed by atoms with Crippen LogP contribution in [0.2, 0.25) is 5.02 Å². The molecule has 2 atom stereocenters. The van der Waals surface area contributed by atoms with E-state index in [1.165, 1.54) is 0 Å². The predicted molar refractivity (Wildman–Crippen MR) is 76.9 cm³/mol. The van der Waals surface area contributed by atoms with Crippen molar-refractivity contribution in [3.8, 4) is 0 Å². The van der Waals surface area contributed by atoms with Crippen LogP contribution < -0.4 is 5.73 Å². The van der Waals surface area contributed by atoms with Crippen molar-refractivity contribution < 1.29 is 0 Å². The van der Waals surface area contributed by atoms with Crippen LogP contribution in [0.25, 0.3) is 0 Å². The Morgan fingerprint density at radius 3 is 2.89 bits per heavy atom. The average molecular weight is 268 g/mol. The Labute approximate surface area is 115 Å². The van der Waals surface area contributed by atoms with E-state index in [1.807, 2.05) is 18.2 Å². The molecule has 18 heavy (non-hydrogen) atoms. The van der Waals surface area contributed by atoms with Crippen molar-refractivity contribution in [2.45, 2.75) is 18.5 Å². The van der Waals surface area contributed by atoms with Gasteiger partial charge in [-0.25, -0.2) is 0 Å². The van der Waals surface area contributed by atoms with Crippen LogP contribution in [-0.4, -0.2) is 49.6 Å². The molecule has 0 aliphatic carbocycles. The lowest BCUT2D eigenvalue weighted by Gasteiger charge is -2.38. The molecule has 1 aromatic rings. The quantitative estimate of drug-likeness (QED) is 0.909. The van der Waals surface area contributed by atoms with Gasteiger partial charge in [0, 0.05) is 36.7 Å². The number of nitrogens with two attached hydrogens (primary N) is 1. The first kappa shape index (κ1) is 13.8. The van der Waals surface area contributed by atoms with Crippen molar-refractivity contribution >= 4 is 11.6 Å². The summed E-state index contributed by atoms with van der Waals surface area (Å²) in [4.78, 5) is 4.78. The number of halogens is 1. The number of likely N-dealkylation sites (N-methyl/N-ethyl adjacent to an activating group) is 2. The van der Waals surface area contributed by atoms with E-state index in [1.54, 1.807) is 0 Å². The lowest BCUT2D eigenvalue weighted by Crippen LogP contribution is -2.50. The first-order valence-electron chi connectivity index (χ1n) is 6.46. The van der Waals surface area contributed by atoms with Crippen LogP contribution in [0.5, 0.6) is 0 Å². The van der Waals surface area contributed by atoms with Gasteiger partial charge in [-0.3, -0.25) is 0 Å². The monoisotopic (exact) mass is 267 g/mol. The maximum Gasteiger partial charge on any atom is 0.0409 e. The maximum absolute atomic E-state index is 6.30. The van der Waals surface area contributed by atoms with Crippen LogP contribution >= 0.6 is 11.6 Å². The zero-order valence-corrected chi connectivity index (χ0v) is 11.9. The van der Waals surface area contributed by atoms with Crippen molar-refractivity contribution in [2.24, 2.45) is 5.73 Å². The zero-order chi connectivity index (χ0) is 13.1. The van der Waals surface area contributed by atoms with Crippen molar-refractivity contribution in [3.63, 3.8) is 0 Å².